The smallest absolute Gasteiger partial charge is 0.244 e. The van der Waals surface area contributed by atoms with Crippen molar-refractivity contribution in [2.45, 2.75) is 26.4 Å². The average molecular weight is 468 g/mol. The molecule has 7 nitrogen and oxygen atoms in total. The molecule has 33 heavy (non-hydrogen) atoms. The van der Waals surface area contributed by atoms with E-state index in [-0.39, 0.29) is 12.5 Å². The molecule has 3 aromatic rings. The summed E-state index contributed by atoms with van der Waals surface area (Å²) in [7, 11) is -2.28. The number of anilines is 1. The van der Waals surface area contributed by atoms with Gasteiger partial charge in [-0.1, -0.05) is 60.7 Å². The Hall–Kier alpha value is -3.39. The Balaban J connectivity index is 2.01. The number of likely N-dealkylation sites (N-methyl/N-ethyl adjacent to an activating group) is 1. The highest BCUT2D eigenvalue weighted by Gasteiger charge is 2.30. The van der Waals surface area contributed by atoms with E-state index < -0.39 is 28.5 Å². The minimum atomic E-state index is -3.79. The van der Waals surface area contributed by atoms with Gasteiger partial charge in [0, 0.05) is 19.0 Å². The lowest BCUT2D eigenvalue weighted by molar-refractivity contribution is -0.139. The van der Waals surface area contributed by atoms with Gasteiger partial charge in [0.1, 0.15) is 12.6 Å². The van der Waals surface area contributed by atoms with E-state index in [1.54, 1.807) is 19.1 Å². The topological polar surface area (TPSA) is 86.8 Å². The van der Waals surface area contributed by atoms with Crippen molar-refractivity contribution >= 4 is 38.3 Å². The predicted molar refractivity (Wildman–Crippen MR) is 131 cm³/mol. The molecule has 1 unspecified atom stereocenters. The standard InChI is InChI=1S/C25H29N3O4S/c1-18-10-5-6-12-21(18)16-27(19(2)25(30)26-3)24(29)17-28(33(4,31)32)23-15-9-13-20-11-7-8-14-22(20)23/h5-15,19H,16-17H2,1-4H3,(H,26,30). The molecule has 0 aromatic heterocycles. The molecule has 2 amide bonds. The van der Waals surface area contributed by atoms with Gasteiger partial charge in [-0.25, -0.2) is 8.42 Å². The molecule has 0 fully saturated rings. The highest BCUT2D eigenvalue weighted by atomic mass is 32.2. The monoisotopic (exact) mass is 467 g/mol. The third-order valence-corrected chi connectivity index (χ3v) is 6.86. The summed E-state index contributed by atoms with van der Waals surface area (Å²) in [5, 5.41) is 4.17. The van der Waals surface area contributed by atoms with E-state index in [1.807, 2.05) is 61.5 Å². The highest BCUT2D eigenvalue weighted by Crippen LogP contribution is 2.28. The maximum Gasteiger partial charge on any atom is 0.244 e. The van der Waals surface area contributed by atoms with Crippen LogP contribution in [-0.2, 0) is 26.2 Å². The number of carbonyl (C=O) groups excluding carboxylic acids is 2. The van der Waals surface area contributed by atoms with Crippen LogP contribution in [0.3, 0.4) is 0 Å². The first-order valence-electron chi connectivity index (χ1n) is 10.6. The number of aryl methyl sites for hydroxylation is 1. The Morgan fingerprint density at radius 3 is 2.27 bits per heavy atom. The van der Waals surface area contributed by atoms with E-state index in [9.17, 15) is 18.0 Å². The Bertz CT molecular complexity index is 1270. The van der Waals surface area contributed by atoms with Crippen LogP contribution in [0.1, 0.15) is 18.1 Å². The van der Waals surface area contributed by atoms with Gasteiger partial charge in [0.2, 0.25) is 21.8 Å². The lowest BCUT2D eigenvalue weighted by Crippen LogP contribution is -2.50. The molecule has 0 aliphatic heterocycles. The third-order valence-electron chi connectivity index (χ3n) is 5.73. The third kappa shape index (κ3) is 5.51. The van der Waals surface area contributed by atoms with Crippen LogP contribution in [0.2, 0.25) is 0 Å². The molecule has 0 bridgehead atoms. The zero-order chi connectivity index (χ0) is 24.2. The SMILES string of the molecule is CNC(=O)C(C)N(Cc1ccccc1C)C(=O)CN(c1cccc2ccccc12)S(C)(=O)=O. The molecule has 0 radical (unpaired) electrons. The molecule has 1 atom stereocenters. The second-order valence-electron chi connectivity index (χ2n) is 8.01. The summed E-state index contributed by atoms with van der Waals surface area (Å²) in [6.45, 7) is 3.34. The zero-order valence-corrected chi connectivity index (χ0v) is 20.1. The molecule has 174 valence electrons. The number of hydrogen-bond donors (Lipinski definition) is 1. The van der Waals surface area contributed by atoms with Crippen molar-refractivity contribution in [2.75, 3.05) is 24.2 Å². The predicted octanol–water partition coefficient (Wildman–Crippen LogP) is 3.08. The number of nitrogens with zero attached hydrogens (tertiary/aromatic N) is 2. The number of sulfonamides is 1. The summed E-state index contributed by atoms with van der Waals surface area (Å²) in [5.41, 5.74) is 2.29. The van der Waals surface area contributed by atoms with E-state index in [4.69, 9.17) is 0 Å². The Morgan fingerprint density at radius 1 is 0.970 bits per heavy atom. The van der Waals surface area contributed by atoms with Gasteiger partial charge < -0.3 is 10.2 Å². The first kappa shape index (κ1) is 24.3. The summed E-state index contributed by atoms with van der Waals surface area (Å²) < 4.78 is 26.7. The van der Waals surface area contributed by atoms with E-state index in [2.05, 4.69) is 5.32 Å². The number of rotatable bonds is 8. The average Bonchev–Trinajstić information content (AvgIpc) is 2.80. The first-order chi connectivity index (χ1) is 15.6. The van der Waals surface area contributed by atoms with Crippen LogP contribution < -0.4 is 9.62 Å². The molecule has 8 heteroatoms. The fraction of sp³-hybridized carbons (Fsp3) is 0.280. The highest BCUT2D eigenvalue weighted by molar-refractivity contribution is 7.92. The fourth-order valence-corrected chi connectivity index (χ4v) is 4.64. The lowest BCUT2D eigenvalue weighted by Gasteiger charge is -2.32. The number of benzene rings is 3. The van der Waals surface area contributed by atoms with Crippen molar-refractivity contribution in [3.63, 3.8) is 0 Å². The van der Waals surface area contributed by atoms with Crippen LogP contribution in [0.4, 0.5) is 5.69 Å². The van der Waals surface area contributed by atoms with Gasteiger partial charge in [0.05, 0.1) is 11.9 Å². The first-order valence-corrected chi connectivity index (χ1v) is 12.5. The molecule has 0 heterocycles. The van der Waals surface area contributed by atoms with Crippen molar-refractivity contribution in [1.82, 2.24) is 10.2 Å². The number of nitrogens with one attached hydrogen (secondary N) is 1. The quantitative estimate of drug-likeness (QED) is 0.552. The Morgan fingerprint density at radius 2 is 1.61 bits per heavy atom. The number of amides is 2. The minimum Gasteiger partial charge on any atom is -0.357 e. The molecule has 0 saturated carbocycles. The fourth-order valence-electron chi connectivity index (χ4n) is 3.78. The van der Waals surface area contributed by atoms with E-state index in [1.165, 1.54) is 11.9 Å². The summed E-state index contributed by atoms with van der Waals surface area (Å²) in [4.78, 5) is 27.4. The van der Waals surface area contributed by atoms with E-state index >= 15 is 0 Å². The largest absolute Gasteiger partial charge is 0.357 e. The molecule has 0 aliphatic carbocycles. The second-order valence-corrected chi connectivity index (χ2v) is 9.91. The van der Waals surface area contributed by atoms with Crippen LogP contribution in [0.25, 0.3) is 10.8 Å². The number of fused-ring (bicyclic) bond motifs is 1. The van der Waals surface area contributed by atoms with Gasteiger partial charge in [-0.05, 0) is 36.4 Å². The lowest BCUT2D eigenvalue weighted by atomic mass is 10.1. The van der Waals surface area contributed by atoms with Crippen LogP contribution in [0, 0.1) is 6.92 Å². The van der Waals surface area contributed by atoms with E-state index in [0.717, 1.165) is 32.5 Å². The molecule has 3 aromatic carbocycles. The maximum atomic E-state index is 13.5. The van der Waals surface area contributed by atoms with Gasteiger partial charge in [-0.3, -0.25) is 13.9 Å². The van der Waals surface area contributed by atoms with Crippen molar-refractivity contribution in [3.8, 4) is 0 Å². The Kier molecular flexibility index (Phi) is 7.38. The zero-order valence-electron chi connectivity index (χ0n) is 19.3. The van der Waals surface area contributed by atoms with Gasteiger partial charge in [0.15, 0.2) is 0 Å². The molecular formula is C25H29N3O4S. The van der Waals surface area contributed by atoms with Gasteiger partial charge in [-0.15, -0.1) is 0 Å². The number of hydrogen-bond acceptors (Lipinski definition) is 4. The van der Waals surface area contributed by atoms with Gasteiger partial charge >= 0.3 is 0 Å². The van der Waals surface area contributed by atoms with Crippen molar-refractivity contribution in [3.05, 3.63) is 77.9 Å². The molecule has 3 rings (SSSR count). The van der Waals surface area contributed by atoms with Crippen molar-refractivity contribution < 1.29 is 18.0 Å². The normalized spacial score (nSPS) is 12.2. The van der Waals surface area contributed by atoms with Gasteiger partial charge in [-0.2, -0.15) is 0 Å². The van der Waals surface area contributed by atoms with Crippen LogP contribution in [0.5, 0.6) is 0 Å². The van der Waals surface area contributed by atoms with Crippen LogP contribution >= 0.6 is 0 Å². The molecule has 0 saturated heterocycles. The van der Waals surface area contributed by atoms with Crippen LogP contribution in [0.15, 0.2) is 66.7 Å². The van der Waals surface area contributed by atoms with E-state index in [0.29, 0.717) is 5.69 Å². The molecular weight excluding hydrogens is 438 g/mol. The van der Waals surface area contributed by atoms with Gasteiger partial charge in [0.25, 0.3) is 0 Å². The second kappa shape index (κ2) is 10.0. The van der Waals surface area contributed by atoms with Crippen molar-refractivity contribution in [1.29, 1.82) is 0 Å². The maximum absolute atomic E-state index is 13.5. The molecule has 1 N–H and O–H groups in total. The minimum absolute atomic E-state index is 0.188. The van der Waals surface area contributed by atoms with Crippen molar-refractivity contribution in [2.24, 2.45) is 0 Å². The summed E-state index contributed by atoms with van der Waals surface area (Å²) >= 11 is 0. The summed E-state index contributed by atoms with van der Waals surface area (Å²) in [6, 6.07) is 19.6. The molecule has 0 aliphatic rings. The Labute approximate surface area is 195 Å². The number of carbonyl (C=O) groups is 2. The summed E-state index contributed by atoms with van der Waals surface area (Å²) in [5.74, 6) is -0.791. The van der Waals surface area contributed by atoms with Crippen LogP contribution in [-0.4, -0.2) is 51.0 Å². The molecule has 0 spiro atoms. The summed E-state index contributed by atoms with van der Waals surface area (Å²) in [6.07, 6.45) is 1.08.